The Balaban J connectivity index is 1.69. The number of thiophene rings is 1. The third kappa shape index (κ3) is 3.02. The van der Waals surface area contributed by atoms with Gasteiger partial charge in [-0.05, 0) is 38.3 Å². The van der Waals surface area contributed by atoms with Crippen molar-refractivity contribution >= 4 is 11.3 Å². The Hall–Kier alpha value is -0.420. The monoisotopic (exact) mass is 281 g/mol. The zero-order valence-electron chi connectivity index (χ0n) is 11.8. The molecule has 3 atom stereocenters. The Morgan fingerprint density at radius 1 is 1.42 bits per heavy atom. The molecule has 1 aliphatic heterocycles. The summed E-state index contributed by atoms with van der Waals surface area (Å²) in [6.07, 6.45) is 4.23. The van der Waals surface area contributed by atoms with Crippen molar-refractivity contribution in [2.24, 2.45) is 0 Å². The molecule has 1 aliphatic carbocycles. The van der Waals surface area contributed by atoms with Gasteiger partial charge in [0, 0.05) is 36.0 Å². The molecule has 1 saturated carbocycles. The minimum atomic E-state index is 0.413. The Bertz CT molecular complexity index is 420. The summed E-state index contributed by atoms with van der Waals surface area (Å²) in [5, 5.41) is 0. The van der Waals surface area contributed by atoms with Crippen molar-refractivity contribution in [1.82, 2.24) is 4.90 Å². The lowest BCUT2D eigenvalue weighted by Gasteiger charge is -2.45. The summed E-state index contributed by atoms with van der Waals surface area (Å²) in [7, 11) is 1.83. The average molecular weight is 281 g/mol. The van der Waals surface area contributed by atoms with E-state index >= 15 is 0 Å². The average Bonchev–Trinajstić information content (AvgIpc) is 2.84. The first-order valence-corrected chi connectivity index (χ1v) is 8.01. The van der Waals surface area contributed by atoms with Crippen LogP contribution in [0.1, 0.15) is 29.0 Å². The number of rotatable bonds is 3. The van der Waals surface area contributed by atoms with Gasteiger partial charge in [-0.2, -0.15) is 0 Å². The summed E-state index contributed by atoms with van der Waals surface area (Å²) >= 11 is 1.91. The number of morpholine rings is 1. The molecule has 3 nitrogen and oxygen atoms in total. The van der Waals surface area contributed by atoms with Gasteiger partial charge in [0.2, 0.25) is 0 Å². The molecule has 0 aromatic carbocycles. The van der Waals surface area contributed by atoms with E-state index in [0.717, 1.165) is 39.0 Å². The summed E-state index contributed by atoms with van der Waals surface area (Å²) < 4.78 is 11.5. The number of methoxy groups -OCH3 is 1. The second-order valence-electron chi connectivity index (χ2n) is 5.63. The Morgan fingerprint density at radius 2 is 2.32 bits per heavy atom. The fourth-order valence-electron chi connectivity index (χ4n) is 3.33. The first-order chi connectivity index (χ1) is 9.26. The van der Waals surface area contributed by atoms with E-state index < -0.39 is 0 Å². The van der Waals surface area contributed by atoms with Crippen LogP contribution in [-0.2, 0) is 16.0 Å². The molecule has 0 spiro atoms. The minimum absolute atomic E-state index is 0.413. The van der Waals surface area contributed by atoms with Crippen molar-refractivity contribution in [2.75, 3.05) is 20.3 Å². The van der Waals surface area contributed by atoms with Gasteiger partial charge in [0.1, 0.15) is 0 Å². The molecular formula is C15H23NO2S. The quantitative estimate of drug-likeness (QED) is 0.850. The zero-order chi connectivity index (χ0) is 13.2. The van der Waals surface area contributed by atoms with Gasteiger partial charge < -0.3 is 9.47 Å². The van der Waals surface area contributed by atoms with Gasteiger partial charge in [-0.15, -0.1) is 11.3 Å². The van der Waals surface area contributed by atoms with Crippen LogP contribution < -0.4 is 0 Å². The molecule has 3 rings (SSSR count). The molecule has 2 aliphatic rings. The second kappa shape index (κ2) is 5.92. The van der Waals surface area contributed by atoms with Gasteiger partial charge in [0.15, 0.2) is 0 Å². The summed E-state index contributed by atoms with van der Waals surface area (Å²) in [5.41, 5.74) is 0. The molecule has 0 N–H and O–H groups in total. The zero-order valence-corrected chi connectivity index (χ0v) is 12.6. The van der Waals surface area contributed by atoms with Crippen molar-refractivity contribution in [2.45, 2.75) is 51.0 Å². The van der Waals surface area contributed by atoms with Crippen LogP contribution in [0.3, 0.4) is 0 Å². The molecule has 0 unspecified atom stereocenters. The van der Waals surface area contributed by atoms with Crippen molar-refractivity contribution < 1.29 is 9.47 Å². The van der Waals surface area contributed by atoms with E-state index in [1.165, 1.54) is 9.75 Å². The van der Waals surface area contributed by atoms with Crippen molar-refractivity contribution in [3.63, 3.8) is 0 Å². The Labute approximate surface area is 119 Å². The van der Waals surface area contributed by atoms with Gasteiger partial charge in [0.05, 0.1) is 18.8 Å². The van der Waals surface area contributed by atoms with E-state index in [1.807, 2.05) is 18.4 Å². The van der Waals surface area contributed by atoms with E-state index in [9.17, 15) is 0 Å². The maximum absolute atomic E-state index is 5.95. The van der Waals surface area contributed by atoms with Crippen LogP contribution in [0.15, 0.2) is 12.1 Å². The fraction of sp³-hybridized carbons (Fsp3) is 0.733. The normalized spacial score (nSPS) is 32.2. The highest BCUT2D eigenvalue weighted by Crippen LogP contribution is 2.31. The molecule has 4 heteroatoms. The van der Waals surface area contributed by atoms with Gasteiger partial charge in [-0.1, -0.05) is 0 Å². The highest BCUT2D eigenvalue weighted by atomic mass is 32.1. The van der Waals surface area contributed by atoms with E-state index in [4.69, 9.17) is 9.47 Å². The number of aryl methyl sites for hydroxylation is 1. The van der Waals surface area contributed by atoms with Crippen LogP contribution >= 0.6 is 11.3 Å². The maximum Gasteiger partial charge on any atom is 0.0732 e. The largest absolute Gasteiger partial charge is 0.381 e. The van der Waals surface area contributed by atoms with Crippen LogP contribution in [0.5, 0.6) is 0 Å². The molecule has 1 aromatic rings. The molecule has 2 fully saturated rings. The molecule has 106 valence electrons. The lowest BCUT2D eigenvalue weighted by atomic mass is 9.88. The number of hydrogen-bond acceptors (Lipinski definition) is 4. The lowest BCUT2D eigenvalue weighted by molar-refractivity contribution is -0.115. The van der Waals surface area contributed by atoms with Gasteiger partial charge in [0.25, 0.3) is 0 Å². The number of fused-ring (bicyclic) bond motifs is 1. The fourth-order valence-corrected chi connectivity index (χ4v) is 4.24. The standard InChI is InChI=1S/C15H23NO2S/c1-11-3-5-13(19-11)10-16-7-8-18-15-6-4-12(17-2)9-14(15)16/h3,5,12,14-15H,4,6-10H2,1-2H3/t12-,14+,15-/m1/s1. The predicted octanol–water partition coefficient (Wildman–Crippen LogP) is 2.82. The minimum Gasteiger partial charge on any atom is -0.381 e. The Morgan fingerprint density at radius 3 is 3.05 bits per heavy atom. The number of nitrogens with zero attached hydrogens (tertiary/aromatic N) is 1. The third-order valence-corrected chi connectivity index (χ3v) is 5.36. The molecule has 19 heavy (non-hydrogen) atoms. The van der Waals surface area contributed by atoms with E-state index in [1.54, 1.807) is 0 Å². The smallest absolute Gasteiger partial charge is 0.0732 e. The second-order valence-corrected chi connectivity index (χ2v) is 7.00. The summed E-state index contributed by atoms with van der Waals surface area (Å²) in [6.45, 7) is 5.18. The molecular weight excluding hydrogens is 258 g/mol. The van der Waals surface area contributed by atoms with Crippen LogP contribution in [0.4, 0.5) is 0 Å². The van der Waals surface area contributed by atoms with E-state index in [-0.39, 0.29) is 0 Å². The van der Waals surface area contributed by atoms with Crippen molar-refractivity contribution in [3.8, 4) is 0 Å². The highest BCUT2D eigenvalue weighted by Gasteiger charge is 2.37. The number of ether oxygens (including phenoxy) is 2. The molecule has 0 amide bonds. The van der Waals surface area contributed by atoms with Gasteiger partial charge in [-0.3, -0.25) is 4.90 Å². The van der Waals surface area contributed by atoms with Gasteiger partial charge >= 0.3 is 0 Å². The summed E-state index contributed by atoms with van der Waals surface area (Å²) in [4.78, 5) is 5.47. The first-order valence-electron chi connectivity index (χ1n) is 7.20. The molecule has 1 saturated heterocycles. The lowest BCUT2D eigenvalue weighted by Crippen LogP contribution is -2.54. The highest BCUT2D eigenvalue weighted by molar-refractivity contribution is 7.11. The summed E-state index contributed by atoms with van der Waals surface area (Å²) in [5.74, 6) is 0. The van der Waals surface area contributed by atoms with Crippen molar-refractivity contribution in [3.05, 3.63) is 21.9 Å². The summed E-state index contributed by atoms with van der Waals surface area (Å²) in [6, 6.07) is 5.02. The molecule has 0 radical (unpaired) electrons. The number of hydrogen-bond donors (Lipinski definition) is 0. The molecule has 0 bridgehead atoms. The topological polar surface area (TPSA) is 21.7 Å². The molecule has 2 heterocycles. The third-order valence-electron chi connectivity index (χ3n) is 4.37. The first kappa shape index (κ1) is 13.6. The van der Waals surface area contributed by atoms with Crippen molar-refractivity contribution in [1.29, 1.82) is 0 Å². The predicted molar refractivity (Wildman–Crippen MR) is 77.6 cm³/mol. The van der Waals surface area contributed by atoms with Gasteiger partial charge in [-0.25, -0.2) is 0 Å². The van der Waals surface area contributed by atoms with Crippen LogP contribution in [0.2, 0.25) is 0 Å². The van der Waals surface area contributed by atoms with E-state index in [0.29, 0.717) is 18.2 Å². The SMILES string of the molecule is CO[C@@H]1CC[C@H]2OCCN(Cc3ccc(C)s3)[C@H]2C1. The van der Waals surface area contributed by atoms with E-state index in [2.05, 4.69) is 24.0 Å². The Kier molecular flexibility index (Phi) is 4.22. The van der Waals surface area contributed by atoms with Crippen LogP contribution in [0.25, 0.3) is 0 Å². The van der Waals surface area contributed by atoms with Crippen LogP contribution in [0, 0.1) is 6.92 Å². The maximum atomic E-state index is 5.95. The molecule has 1 aromatic heterocycles. The van der Waals surface area contributed by atoms with Crippen LogP contribution in [-0.4, -0.2) is 43.4 Å².